The lowest BCUT2D eigenvalue weighted by molar-refractivity contribution is -0.141. The number of amides is 1. The highest BCUT2D eigenvalue weighted by molar-refractivity contribution is 5.79. The van der Waals surface area contributed by atoms with Crippen LogP contribution in [-0.2, 0) is 11.2 Å². The first-order chi connectivity index (χ1) is 12.2. The van der Waals surface area contributed by atoms with Crippen molar-refractivity contribution in [2.75, 3.05) is 6.54 Å². The molecule has 136 valence electrons. The highest BCUT2D eigenvalue weighted by Crippen LogP contribution is 2.44. The maximum atomic E-state index is 13.5. The first-order valence-electron chi connectivity index (χ1n) is 10.3. The van der Waals surface area contributed by atoms with Gasteiger partial charge in [0.1, 0.15) is 0 Å². The van der Waals surface area contributed by atoms with Crippen LogP contribution in [0.25, 0.3) is 0 Å². The molecule has 2 saturated carbocycles. The molecule has 2 N–H and O–H groups in total. The molecule has 1 amide bonds. The number of aryl methyl sites for hydroxylation is 1. The van der Waals surface area contributed by atoms with Gasteiger partial charge in [-0.2, -0.15) is 0 Å². The van der Waals surface area contributed by atoms with Crippen LogP contribution >= 0.6 is 0 Å². The number of fused-ring (bicyclic) bond motifs is 3. The third-order valence-corrected chi connectivity index (χ3v) is 6.99. The van der Waals surface area contributed by atoms with Gasteiger partial charge in [0, 0.05) is 18.5 Å². The molecule has 0 aliphatic heterocycles. The van der Waals surface area contributed by atoms with Crippen LogP contribution in [0, 0.1) is 17.8 Å². The third kappa shape index (κ3) is 3.12. The van der Waals surface area contributed by atoms with Gasteiger partial charge >= 0.3 is 0 Å². The molecule has 0 heterocycles. The standard InChI is InChI=1S/C22H32N2O/c1-2-12-24(20-11-10-15-6-3-4-9-19(15)20)22(25)18-13-16-7-5-8-17(14-18)21(16)23/h3-4,6,9,16-18,20-21H,2,5,7-8,10-14,23H2,1H3. The Balaban J connectivity index is 1.54. The van der Waals surface area contributed by atoms with E-state index in [1.807, 2.05) is 0 Å². The number of carbonyl (C=O) groups is 1. The Hall–Kier alpha value is -1.35. The normalized spacial score (nSPS) is 33.8. The van der Waals surface area contributed by atoms with Crippen molar-refractivity contribution in [3.05, 3.63) is 35.4 Å². The fourth-order valence-corrected chi connectivity index (χ4v) is 5.74. The van der Waals surface area contributed by atoms with Crippen molar-refractivity contribution in [3.63, 3.8) is 0 Å². The lowest BCUT2D eigenvalue weighted by Crippen LogP contribution is -2.50. The monoisotopic (exact) mass is 340 g/mol. The third-order valence-electron chi connectivity index (χ3n) is 6.99. The number of carbonyl (C=O) groups excluding carboxylic acids is 1. The summed E-state index contributed by atoms with van der Waals surface area (Å²) in [5.41, 5.74) is 9.26. The Morgan fingerprint density at radius 3 is 2.60 bits per heavy atom. The molecule has 2 bridgehead atoms. The molecule has 3 nitrogen and oxygen atoms in total. The van der Waals surface area contributed by atoms with E-state index in [9.17, 15) is 4.79 Å². The van der Waals surface area contributed by atoms with Crippen molar-refractivity contribution in [2.45, 2.75) is 70.4 Å². The molecule has 3 aliphatic carbocycles. The average Bonchev–Trinajstić information content (AvgIpc) is 3.03. The van der Waals surface area contributed by atoms with Crippen LogP contribution in [0.4, 0.5) is 0 Å². The molecule has 0 aromatic heterocycles. The van der Waals surface area contributed by atoms with E-state index in [1.54, 1.807) is 0 Å². The molecular formula is C22H32N2O. The highest BCUT2D eigenvalue weighted by Gasteiger charge is 2.43. The van der Waals surface area contributed by atoms with Gasteiger partial charge in [0.15, 0.2) is 0 Å². The lowest BCUT2D eigenvalue weighted by Gasteiger charge is -2.45. The summed E-state index contributed by atoms with van der Waals surface area (Å²) in [5, 5.41) is 0. The van der Waals surface area contributed by atoms with Crippen LogP contribution < -0.4 is 5.73 Å². The van der Waals surface area contributed by atoms with E-state index >= 15 is 0 Å². The number of rotatable bonds is 4. The van der Waals surface area contributed by atoms with Crippen molar-refractivity contribution in [2.24, 2.45) is 23.5 Å². The van der Waals surface area contributed by atoms with Crippen LogP contribution in [-0.4, -0.2) is 23.4 Å². The van der Waals surface area contributed by atoms with Crippen LogP contribution in [0.2, 0.25) is 0 Å². The first-order valence-corrected chi connectivity index (χ1v) is 10.3. The van der Waals surface area contributed by atoms with Gasteiger partial charge < -0.3 is 10.6 Å². The molecule has 0 saturated heterocycles. The second kappa shape index (κ2) is 7.11. The van der Waals surface area contributed by atoms with Gasteiger partial charge in [0.2, 0.25) is 5.91 Å². The number of hydrogen-bond acceptors (Lipinski definition) is 2. The Morgan fingerprint density at radius 2 is 1.88 bits per heavy atom. The van der Waals surface area contributed by atoms with Crippen molar-refractivity contribution in [1.82, 2.24) is 4.90 Å². The molecule has 1 aromatic rings. The lowest BCUT2D eigenvalue weighted by atomic mass is 9.65. The minimum atomic E-state index is 0.203. The van der Waals surface area contributed by atoms with E-state index in [2.05, 4.69) is 36.1 Å². The van der Waals surface area contributed by atoms with Gasteiger partial charge in [-0.15, -0.1) is 0 Å². The summed E-state index contributed by atoms with van der Waals surface area (Å²) in [5.74, 6) is 1.75. The van der Waals surface area contributed by atoms with E-state index in [1.165, 1.54) is 30.4 Å². The fourth-order valence-electron chi connectivity index (χ4n) is 5.74. The summed E-state index contributed by atoms with van der Waals surface area (Å²) in [6, 6.07) is 9.33. The van der Waals surface area contributed by atoms with Crippen molar-refractivity contribution >= 4 is 5.91 Å². The van der Waals surface area contributed by atoms with E-state index < -0.39 is 0 Å². The number of nitrogens with zero attached hydrogens (tertiary/aromatic N) is 1. The van der Waals surface area contributed by atoms with Crippen LogP contribution in [0.1, 0.15) is 69.0 Å². The molecule has 3 atom stereocenters. The van der Waals surface area contributed by atoms with Gasteiger partial charge in [-0.3, -0.25) is 4.79 Å². The van der Waals surface area contributed by atoms with E-state index in [0.29, 0.717) is 29.8 Å². The summed E-state index contributed by atoms with van der Waals surface area (Å²) in [7, 11) is 0. The van der Waals surface area contributed by atoms with E-state index in [0.717, 1.165) is 38.6 Å². The van der Waals surface area contributed by atoms with Crippen molar-refractivity contribution in [3.8, 4) is 0 Å². The molecule has 3 aliphatic rings. The number of benzene rings is 1. The van der Waals surface area contributed by atoms with Crippen molar-refractivity contribution < 1.29 is 4.79 Å². The molecule has 1 aromatic carbocycles. The predicted molar refractivity (Wildman–Crippen MR) is 101 cm³/mol. The van der Waals surface area contributed by atoms with Gasteiger partial charge in [-0.05, 0) is 67.9 Å². The van der Waals surface area contributed by atoms with Crippen molar-refractivity contribution in [1.29, 1.82) is 0 Å². The van der Waals surface area contributed by atoms with Crippen LogP contribution in [0.5, 0.6) is 0 Å². The van der Waals surface area contributed by atoms with E-state index in [-0.39, 0.29) is 5.92 Å². The van der Waals surface area contributed by atoms with E-state index in [4.69, 9.17) is 5.73 Å². The zero-order chi connectivity index (χ0) is 17.4. The Kier molecular flexibility index (Phi) is 4.86. The SMILES string of the molecule is CCCN(C(=O)C1CC2CCCC(C1)C2N)C1CCc2ccccc21. The molecule has 3 heteroatoms. The maximum Gasteiger partial charge on any atom is 0.226 e. The first kappa shape index (κ1) is 17.1. The molecule has 2 fully saturated rings. The zero-order valence-electron chi connectivity index (χ0n) is 15.5. The second-order valence-electron chi connectivity index (χ2n) is 8.48. The molecule has 0 radical (unpaired) electrons. The summed E-state index contributed by atoms with van der Waals surface area (Å²) >= 11 is 0. The topological polar surface area (TPSA) is 46.3 Å². The summed E-state index contributed by atoms with van der Waals surface area (Å²) in [6.45, 7) is 3.07. The van der Waals surface area contributed by atoms with Crippen LogP contribution in [0.3, 0.4) is 0 Å². The smallest absolute Gasteiger partial charge is 0.226 e. The zero-order valence-corrected chi connectivity index (χ0v) is 15.5. The van der Waals surface area contributed by atoms with Crippen LogP contribution in [0.15, 0.2) is 24.3 Å². The molecule has 4 rings (SSSR count). The molecule has 3 unspecified atom stereocenters. The molecule has 0 spiro atoms. The van der Waals surface area contributed by atoms with Gasteiger partial charge in [-0.25, -0.2) is 0 Å². The van der Waals surface area contributed by atoms with Gasteiger partial charge in [0.25, 0.3) is 0 Å². The number of nitrogens with two attached hydrogens (primary N) is 1. The summed E-state index contributed by atoms with van der Waals surface area (Å²) in [4.78, 5) is 15.7. The number of hydrogen-bond donors (Lipinski definition) is 1. The predicted octanol–water partition coefficient (Wildman–Crippen LogP) is 4.07. The molecule has 25 heavy (non-hydrogen) atoms. The molecular weight excluding hydrogens is 308 g/mol. The summed E-state index contributed by atoms with van der Waals surface area (Å²) in [6.07, 6.45) is 9.01. The Bertz CT molecular complexity index is 614. The average molecular weight is 341 g/mol. The van der Waals surface area contributed by atoms with Gasteiger partial charge in [0.05, 0.1) is 6.04 Å². The highest BCUT2D eigenvalue weighted by atomic mass is 16.2. The Morgan fingerprint density at radius 1 is 1.16 bits per heavy atom. The van der Waals surface area contributed by atoms with Gasteiger partial charge in [-0.1, -0.05) is 37.6 Å². The maximum absolute atomic E-state index is 13.5. The minimum absolute atomic E-state index is 0.203. The Labute approximate surface area is 152 Å². The largest absolute Gasteiger partial charge is 0.335 e. The quantitative estimate of drug-likeness (QED) is 0.898. The fraction of sp³-hybridized carbons (Fsp3) is 0.682. The minimum Gasteiger partial charge on any atom is -0.335 e. The summed E-state index contributed by atoms with van der Waals surface area (Å²) < 4.78 is 0. The second-order valence-corrected chi connectivity index (χ2v) is 8.48.